The van der Waals surface area contributed by atoms with Crippen LogP contribution in [-0.4, -0.2) is 4.40 Å². The van der Waals surface area contributed by atoms with Crippen LogP contribution in [0.25, 0.3) is 87.6 Å². The highest BCUT2D eigenvalue weighted by atomic mass is 16.3. The topological polar surface area (TPSA) is 25.5 Å². The molecule has 1 aliphatic carbocycles. The molecule has 13 rings (SSSR count). The smallest absolute Gasteiger partial charge is 0.263 e. The first-order valence-corrected chi connectivity index (χ1v) is 20.6. The van der Waals surface area contributed by atoms with Crippen molar-refractivity contribution in [3.05, 3.63) is 156 Å². The van der Waals surface area contributed by atoms with Gasteiger partial charge in [0.2, 0.25) is 28.4 Å². The minimum Gasteiger partial charge on any atom is -0.449 e. The molecule has 274 valence electrons. The van der Waals surface area contributed by atoms with Crippen LogP contribution in [0.1, 0.15) is 81.4 Å². The molecule has 6 aromatic heterocycles. The molecule has 0 saturated heterocycles. The Labute approximate surface area is 330 Å². The summed E-state index contributed by atoms with van der Waals surface area (Å²) in [7, 11) is 0. The number of nitrogens with zero attached hydrogens (tertiary/aromatic N) is 3. The van der Waals surface area contributed by atoms with Gasteiger partial charge in [0.25, 0.3) is 5.52 Å². The zero-order valence-electron chi connectivity index (χ0n) is 33.2. The first-order chi connectivity index (χ1) is 27.5. The van der Waals surface area contributed by atoms with Crippen molar-refractivity contribution in [1.29, 1.82) is 0 Å². The molecule has 0 radical (unpaired) electrons. The number of furan rings is 1. The SMILES string of the molecule is CC(C)(C)c1cc2c3cc4c(cc3[n+]3c2c(c1)c1ccc2c5ccccc5oc2c13)c1c(n2cc(C(C)(C)C)ccc42)C2C(C1)c1ccccc1-c1cccc[n+]12. The molecule has 1 aliphatic heterocycles. The van der Waals surface area contributed by atoms with Crippen LogP contribution in [0, 0.1) is 0 Å². The summed E-state index contributed by atoms with van der Waals surface area (Å²) < 4.78 is 14.6. The third kappa shape index (κ3) is 3.98. The molecule has 0 amide bonds. The van der Waals surface area contributed by atoms with Crippen LogP contribution in [0.4, 0.5) is 0 Å². The number of fused-ring (bicyclic) bond motifs is 23. The zero-order valence-corrected chi connectivity index (χ0v) is 33.2. The lowest BCUT2D eigenvalue weighted by Gasteiger charge is -2.27. The van der Waals surface area contributed by atoms with Crippen molar-refractivity contribution in [3.8, 4) is 11.3 Å². The summed E-state index contributed by atoms with van der Waals surface area (Å²) in [6.45, 7) is 14.0. The van der Waals surface area contributed by atoms with E-state index in [-0.39, 0.29) is 16.9 Å². The van der Waals surface area contributed by atoms with Crippen molar-refractivity contribution < 1.29 is 13.4 Å². The van der Waals surface area contributed by atoms with E-state index in [1.165, 1.54) is 93.5 Å². The highest BCUT2D eigenvalue weighted by molar-refractivity contribution is 6.25. The highest BCUT2D eigenvalue weighted by Crippen LogP contribution is 2.52. The third-order valence-electron chi connectivity index (χ3n) is 13.8. The van der Waals surface area contributed by atoms with Crippen molar-refractivity contribution in [2.24, 2.45) is 0 Å². The number of benzene rings is 5. The van der Waals surface area contributed by atoms with Crippen LogP contribution >= 0.6 is 0 Å². The predicted octanol–water partition coefficient (Wildman–Crippen LogP) is 12.4. The fraction of sp³-hybridized carbons (Fsp3) is 0.208. The molecule has 0 saturated carbocycles. The summed E-state index contributed by atoms with van der Waals surface area (Å²) in [4.78, 5) is 0. The van der Waals surface area contributed by atoms with Crippen molar-refractivity contribution in [1.82, 2.24) is 4.40 Å². The van der Waals surface area contributed by atoms with Gasteiger partial charge in [-0.05, 0) is 99.5 Å². The van der Waals surface area contributed by atoms with Gasteiger partial charge in [0.1, 0.15) is 5.58 Å². The molecule has 2 aliphatic rings. The molecule has 0 N–H and O–H groups in total. The fourth-order valence-electron chi connectivity index (χ4n) is 11.0. The van der Waals surface area contributed by atoms with Gasteiger partial charge in [-0.25, -0.2) is 0 Å². The van der Waals surface area contributed by atoms with Crippen molar-refractivity contribution in [2.75, 3.05) is 0 Å². The van der Waals surface area contributed by atoms with Crippen LogP contribution in [0.5, 0.6) is 0 Å². The number of hydrogen-bond acceptors (Lipinski definition) is 1. The summed E-state index contributed by atoms with van der Waals surface area (Å²) in [5.74, 6) is 0.324. The Balaban J connectivity index is 1.23. The van der Waals surface area contributed by atoms with Crippen molar-refractivity contribution >= 4 is 76.3 Å². The first-order valence-electron chi connectivity index (χ1n) is 20.6. The van der Waals surface area contributed by atoms with Crippen LogP contribution < -0.4 is 8.97 Å². The number of para-hydroxylation sites is 1. The van der Waals surface area contributed by atoms with E-state index in [0.717, 1.165) is 28.5 Å². The Bertz CT molecular complexity index is 3590. The fourth-order valence-corrected chi connectivity index (χ4v) is 11.0. The Kier molecular flexibility index (Phi) is 5.80. The Morgan fingerprint density at radius 1 is 0.614 bits per heavy atom. The van der Waals surface area contributed by atoms with E-state index in [2.05, 4.69) is 183 Å². The molecule has 0 fully saturated rings. The third-order valence-corrected chi connectivity index (χ3v) is 13.8. The molecular formula is C53H43N3O+2. The standard InChI is InChI=1S/C53H43N3O/c1-52(2,3)29-18-21-44-37-25-38-40-24-30(53(4,5)6)23-39-34-19-20-35-33-15-9-10-17-46(33)57-51(35)50(34)56(47(39)40)45(38)27-36(37)42-26-41-31-13-7-8-14-32(31)43-16-11-12-22-54(43)48(41)49(42)55(44)28-29/h7-25,27-28,41,48H,26H2,1-6H3/q+2. The second-order valence-electron chi connectivity index (χ2n) is 19.0. The summed E-state index contributed by atoms with van der Waals surface area (Å²) in [6.07, 6.45) is 5.75. The predicted molar refractivity (Wildman–Crippen MR) is 233 cm³/mol. The van der Waals surface area contributed by atoms with Gasteiger partial charge in [0.15, 0.2) is 6.20 Å². The first kappa shape index (κ1) is 31.9. The van der Waals surface area contributed by atoms with Gasteiger partial charge in [-0.2, -0.15) is 4.57 Å². The lowest BCUT2D eigenvalue weighted by molar-refractivity contribution is -0.707. The Hall–Kier alpha value is -6.26. The van der Waals surface area contributed by atoms with Crippen molar-refractivity contribution in [2.45, 2.75) is 70.8 Å². The molecule has 5 aromatic carbocycles. The van der Waals surface area contributed by atoms with E-state index < -0.39 is 0 Å². The van der Waals surface area contributed by atoms with Gasteiger partial charge in [0.05, 0.1) is 38.7 Å². The number of hydrogen-bond donors (Lipinski definition) is 0. The molecule has 11 aromatic rings. The summed E-state index contributed by atoms with van der Waals surface area (Å²) in [5.41, 5.74) is 16.5. The van der Waals surface area contributed by atoms with Crippen LogP contribution in [0.3, 0.4) is 0 Å². The molecule has 2 atom stereocenters. The second-order valence-corrected chi connectivity index (χ2v) is 19.0. The van der Waals surface area contributed by atoms with Crippen LogP contribution in [0.15, 0.2) is 132 Å². The lowest BCUT2D eigenvalue weighted by atomic mass is 9.84. The second kappa shape index (κ2) is 10.4. The maximum atomic E-state index is 6.84. The molecule has 7 heterocycles. The summed E-state index contributed by atoms with van der Waals surface area (Å²) in [5, 5.41) is 10.2. The van der Waals surface area contributed by atoms with Gasteiger partial charge < -0.3 is 8.82 Å². The normalized spacial score (nSPS) is 16.9. The largest absolute Gasteiger partial charge is 0.449 e. The van der Waals surface area contributed by atoms with E-state index in [1.54, 1.807) is 0 Å². The summed E-state index contributed by atoms with van der Waals surface area (Å²) in [6, 6.07) is 43.9. The molecule has 0 bridgehead atoms. The van der Waals surface area contributed by atoms with E-state index in [4.69, 9.17) is 4.42 Å². The Morgan fingerprint density at radius 3 is 2.21 bits per heavy atom. The van der Waals surface area contributed by atoms with Gasteiger partial charge in [-0.15, -0.1) is 4.40 Å². The number of pyridine rings is 3. The minimum absolute atomic E-state index is 0.00870. The molecule has 4 nitrogen and oxygen atoms in total. The van der Waals surface area contributed by atoms with Crippen LogP contribution in [0.2, 0.25) is 0 Å². The monoisotopic (exact) mass is 737 g/mol. The van der Waals surface area contributed by atoms with Gasteiger partial charge in [-0.1, -0.05) is 84.0 Å². The summed E-state index contributed by atoms with van der Waals surface area (Å²) >= 11 is 0. The average Bonchev–Trinajstić information content (AvgIpc) is 3.96. The molecular weight excluding hydrogens is 695 g/mol. The van der Waals surface area contributed by atoms with E-state index in [9.17, 15) is 0 Å². The minimum atomic E-state index is -0.0184. The van der Waals surface area contributed by atoms with E-state index >= 15 is 0 Å². The van der Waals surface area contributed by atoms with Gasteiger partial charge in [-0.3, -0.25) is 0 Å². The van der Waals surface area contributed by atoms with E-state index in [0.29, 0.717) is 5.92 Å². The number of aromatic nitrogens is 3. The highest BCUT2D eigenvalue weighted by Gasteiger charge is 2.48. The van der Waals surface area contributed by atoms with E-state index in [1.807, 2.05) is 0 Å². The zero-order chi connectivity index (χ0) is 38.3. The molecule has 0 spiro atoms. The maximum absolute atomic E-state index is 6.84. The van der Waals surface area contributed by atoms with Gasteiger partial charge >= 0.3 is 0 Å². The average molecular weight is 738 g/mol. The quantitative estimate of drug-likeness (QED) is 0.112. The lowest BCUT2D eigenvalue weighted by Crippen LogP contribution is -2.47. The molecule has 4 heteroatoms. The van der Waals surface area contributed by atoms with Gasteiger partial charge in [0, 0.05) is 46.1 Å². The Morgan fingerprint density at radius 2 is 1.37 bits per heavy atom. The molecule has 57 heavy (non-hydrogen) atoms. The number of rotatable bonds is 0. The van der Waals surface area contributed by atoms with Crippen molar-refractivity contribution in [3.63, 3.8) is 0 Å². The molecule has 2 unspecified atom stereocenters. The van der Waals surface area contributed by atoms with Crippen LogP contribution in [-0.2, 0) is 17.3 Å². The maximum Gasteiger partial charge on any atom is 0.263 e.